The Balaban J connectivity index is 2.21. The molecular formula is C10H17N3O5. The Morgan fingerprint density at radius 3 is 2.61 bits per heavy atom. The normalized spacial score (nSPS) is 36.8. The Hall–Kier alpha value is -1.06. The van der Waals surface area contributed by atoms with Crippen LogP contribution in [0, 0.1) is 0 Å². The Morgan fingerprint density at radius 2 is 2.06 bits per heavy atom. The zero-order valence-electron chi connectivity index (χ0n) is 9.92. The Bertz CT molecular complexity index is 399. The lowest BCUT2D eigenvalue weighted by molar-refractivity contribution is -0.200. The molecule has 1 aliphatic rings. The number of aromatic nitrogens is 3. The van der Waals surface area contributed by atoms with E-state index in [4.69, 9.17) is 14.9 Å². The van der Waals surface area contributed by atoms with Crippen LogP contribution in [0.3, 0.4) is 0 Å². The molecule has 8 heteroatoms. The predicted octanol–water partition coefficient (Wildman–Crippen LogP) is -2.19. The molecule has 8 nitrogen and oxygen atoms in total. The summed E-state index contributed by atoms with van der Waals surface area (Å²) in [5.74, 6) is 0. The highest BCUT2D eigenvalue weighted by atomic mass is 16.5. The van der Waals surface area contributed by atoms with E-state index in [0.29, 0.717) is 5.69 Å². The van der Waals surface area contributed by atoms with Gasteiger partial charge in [0.1, 0.15) is 30.0 Å². The van der Waals surface area contributed by atoms with E-state index in [2.05, 4.69) is 10.3 Å². The lowest BCUT2D eigenvalue weighted by Gasteiger charge is -2.40. The van der Waals surface area contributed by atoms with Crippen LogP contribution in [-0.2, 0) is 11.3 Å². The molecule has 0 saturated carbocycles. The largest absolute Gasteiger partial charge is 0.394 e. The smallest absolute Gasteiger partial charge is 0.110 e. The van der Waals surface area contributed by atoms with E-state index in [1.165, 1.54) is 10.9 Å². The molecule has 4 N–H and O–H groups in total. The van der Waals surface area contributed by atoms with E-state index in [9.17, 15) is 10.2 Å². The van der Waals surface area contributed by atoms with Crippen molar-refractivity contribution in [3.8, 4) is 0 Å². The van der Waals surface area contributed by atoms with E-state index in [1.54, 1.807) is 6.92 Å². The van der Waals surface area contributed by atoms with Crippen LogP contribution in [-0.4, -0.2) is 66.4 Å². The maximum atomic E-state index is 10.1. The minimum Gasteiger partial charge on any atom is -0.394 e. The van der Waals surface area contributed by atoms with Crippen LogP contribution < -0.4 is 0 Å². The number of rotatable bonds is 3. The van der Waals surface area contributed by atoms with Crippen LogP contribution in [0.4, 0.5) is 0 Å². The molecule has 0 spiro atoms. The van der Waals surface area contributed by atoms with Crippen molar-refractivity contribution < 1.29 is 25.2 Å². The van der Waals surface area contributed by atoms with Crippen LogP contribution in [0.5, 0.6) is 0 Å². The summed E-state index contributed by atoms with van der Waals surface area (Å²) in [6, 6.07) is -0.615. The van der Waals surface area contributed by atoms with Gasteiger partial charge in [-0.25, -0.2) is 4.68 Å². The molecule has 5 atom stereocenters. The van der Waals surface area contributed by atoms with Crippen molar-refractivity contribution in [1.82, 2.24) is 15.0 Å². The van der Waals surface area contributed by atoms with Gasteiger partial charge in [0.15, 0.2) is 0 Å². The fourth-order valence-electron chi connectivity index (χ4n) is 2.19. The maximum absolute atomic E-state index is 10.1. The highest BCUT2D eigenvalue weighted by Gasteiger charge is 2.43. The third kappa shape index (κ3) is 2.25. The molecule has 0 aromatic carbocycles. The molecule has 0 amide bonds. The standard InChI is InChI=1S/C10H17N3O5/c1-5-8(13-2-6(3-14)11-12-13)10(17)9(16)7(4-15)18-5/h2,5,7-10,14-17H,3-4H2,1H3/t5-,7+,8-,9-,10+/m0/s1. The highest BCUT2D eigenvalue weighted by Crippen LogP contribution is 2.29. The number of aliphatic hydroxyl groups excluding tert-OH is 4. The van der Waals surface area contributed by atoms with Crippen molar-refractivity contribution in [2.45, 2.75) is 44.0 Å². The van der Waals surface area contributed by atoms with E-state index >= 15 is 0 Å². The molecule has 1 aromatic rings. The molecule has 2 heterocycles. The van der Waals surface area contributed by atoms with Crippen LogP contribution in [0.2, 0.25) is 0 Å². The van der Waals surface area contributed by atoms with Gasteiger partial charge in [0.05, 0.1) is 25.5 Å². The Labute approximate surface area is 103 Å². The molecule has 0 bridgehead atoms. The zero-order chi connectivity index (χ0) is 13.3. The lowest BCUT2D eigenvalue weighted by Crippen LogP contribution is -2.55. The van der Waals surface area contributed by atoms with Gasteiger partial charge in [0.25, 0.3) is 0 Å². The van der Waals surface area contributed by atoms with Crippen molar-refractivity contribution in [2.75, 3.05) is 6.61 Å². The molecule has 0 unspecified atom stereocenters. The first kappa shape index (κ1) is 13.4. The van der Waals surface area contributed by atoms with E-state index in [1.807, 2.05) is 0 Å². The van der Waals surface area contributed by atoms with Gasteiger partial charge in [-0.1, -0.05) is 5.21 Å². The minimum absolute atomic E-state index is 0.250. The van der Waals surface area contributed by atoms with Crippen molar-refractivity contribution >= 4 is 0 Å². The number of ether oxygens (including phenoxy) is 1. The molecule has 102 valence electrons. The van der Waals surface area contributed by atoms with Gasteiger partial charge in [0.2, 0.25) is 0 Å². The number of hydrogen-bond acceptors (Lipinski definition) is 7. The van der Waals surface area contributed by atoms with Gasteiger partial charge >= 0.3 is 0 Å². The SMILES string of the molecule is C[C@@H]1O[C@H](CO)[C@H](O)[C@H](O)[C@H]1n1cc(CO)nn1. The average Bonchev–Trinajstić information content (AvgIpc) is 2.82. The summed E-state index contributed by atoms with van der Waals surface area (Å²) in [6.45, 7) is 1.09. The van der Waals surface area contributed by atoms with Crippen molar-refractivity contribution in [2.24, 2.45) is 0 Å². The molecular weight excluding hydrogens is 242 g/mol. The zero-order valence-corrected chi connectivity index (χ0v) is 9.92. The lowest BCUT2D eigenvalue weighted by atomic mass is 9.94. The second-order valence-electron chi connectivity index (χ2n) is 4.38. The van der Waals surface area contributed by atoms with Gasteiger partial charge in [-0.3, -0.25) is 0 Å². The summed E-state index contributed by atoms with van der Waals surface area (Å²) >= 11 is 0. The molecule has 2 rings (SSSR count). The van der Waals surface area contributed by atoms with Crippen LogP contribution in [0.1, 0.15) is 18.7 Å². The number of hydrogen-bond donors (Lipinski definition) is 4. The third-order valence-corrected chi connectivity index (χ3v) is 3.16. The van der Waals surface area contributed by atoms with E-state index in [0.717, 1.165) is 0 Å². The van der Waals surface area contributed by atoms with Gasteiger partial charge in [-0.05, 0) is 6.92 Å². The summed E-state index contributed by atoms with van der Waals surface area (Å²) in [4.78, 5) is 0. The number of aliphatic hydroxyl groups is 4. The van der Waals surface area contributed by atoms with Crippen LogP contribution >= 0.6 is 0 Å². The van der Waals surface area contributed by atoms with Gasteiger partial charge in [-0.15, -0.1) is 5.10 Å². The fourth-order valence-corrected chi connectivity index (χ4v) is 2.19. The van der Waals surface area contributed by atoms with Crippen molar-refractivity contribution in [3.63, 3.8) is 0 Å². The summed E-state index contributed by atoms with van der Waals surface area (Å²) < 4.78 is 6.78. The Morgan fingerprint density at radius 1 is 1.33 bits per heavy atom. The minimum atomic E-state index is -1.20. The quantitative estimate of drug-likeness (QED) is 0.486. The molecule has 1 aliphatic heterocycles. The molecule has 1 saturated heterocycles. The Kier molecular flexibility index (Phi) is 3.93. The highest BCUT2D eigenvalue weighted by molar-refractivity contribution is 4.97. The van der Waals surface area contributed by atoms with Crippen molar-refractivity contribution in [3.05, 3.63) is 11.9 Å². The summed E-state index contributed by atoms with van der Waals surface area (Å²) in [6.07, 6.45) is -2.10. The maximum Gasteiger partial charge on any atom is 0.110 e. The predicted molar refractivity (Wildman–Crippen MR) is 58.4 cm³/mol. The topological polar surface area (TPSA) is 121 Å². The summed E-state index contributed by atoms with van der Waals surface area (Å²) in [5.41, 5.74) is 0.369. The summed E-state index contributed by atoms with van der Waals surface area (Å²) in [5, 5.41) is 45.3. The van der Waals surface area contributed by atoms with Crippen LogP contribution in [0.25, 0.3) is 0 Å². The molecule has 0 aliphatic carbocycles. The van der Waals surface area contributed by atoms with Gasteiger partial charge in [-0.2, -0.15) is 0 Å². The third-order valence-electron chi connectivity index (χ3n) is 3.16. The number of nitrogens with zero attached hydrogens (tertiary/aromatic N) is 3. The van der Waals surface area contributed by atoms with Crippen LogP contribution in [0.15, 0.2) is 6.20 Å². The average molecular weight is 259 g/mol. The van der Waals surface area contributed by atoms with E-state index in [-0.39, 0.29) is 13.2 Å². The first-order valence-electron chi connectivity index (χ1n) is 5.72. The fraction of sp³-hybridized carbons (Fsp3) is 0.800. The molecule has 0 radical (unpaired) electrons. The van der Waals surface area contributed by atoms with Gasteiger partial charge in [0, 0.05) is 0 Å². The van der Waals surface area contributed by atoms with Gasteiger partial charge < -0.3 is 25.2 Å². The second-order valence-corrected chi connectivity index (χ2v) is 4.38. The first-order chi connectivity index (χ1) is 8.58. The van der Waals surface area contributed by atoms with E-state index < -0.39 is 30.5 Å². The summed E-state index contributed by atoms with van der Waals surface area (Å²) in [7, 11) is 0. The first-order valence-corrected chi connectivity index (χ1v) is 5.72. The molecule has 18 heavy (non-hydrogen) atoms. The monoisotopic (exact) mass is 259 g/mol. The molecule has 1 fully saturated rings. The second kappa shape index (κ2) is 5.29. The molecule has 1 aromatic heterocycles. The van der Waals surface area contributed by atoms with Crippen molar-refractivity contribution in [1.29, 1.82) is 0 Å².